The van der Waals surface area contributed by atoms with Crippen molar-refractivity contribution in [3.05, 3.63) is 191 Å². The molecule has 2 unspecified atom stereocenters. The van der Waals surface area contributed by atoms with Gasteiger partial charge in [-0.3, -0.25) is 0 Å². The number of rotatable bonds is 6. The predicted molar refractivity (Wildman–Crippen MR) is 194 cm³/mol. The van der Waals surface area contributed by atoms with Crippen LogP contribution in [0, 0.1) is 0 Å². The number of halogens is 2. The van der Waals surface area contributed by atoms with Crippen LogP contribution in [0.3, 0.4) is 0 Å². The molecule has 0 saturated carbocycles. The van der Waals surface area contributed by atoms with Crippen molar-refractivity contribution < 1.29 is 44.9 Å². The van der Waals surface area contributed by atoms with E-state index in [1.54, 1.807) is 32.6 Å². The summed E-state index contributed by atoms with van der Waals surface area (Å²) in [5.41, 5.74) is 13.4. The van der Waals surface area contributed by atoms with Crippen molar-refractivity contribution in [3.8, 4) is 22.3 Å². The van der Waals surface area contributed by atoms with E-state index >= 15 is 0 Å². The summed E-state index contributed by atoms with van der Waals surface area (Å²) in [6.45, 7) is 4.88. The molecule has 0 N–H and O–H groups in total. The Morgan fingerprint density at radius 1 is 0.417 bits per heavy atom. The van der Waals surface area contributed by atoms with Crippen LogP contribution in [-0.4, -0.2) is 5.49 Å². The second-order valence-corrected chi connectivity index (χ2v) is 32.0. The number of benzene rings is 6. The minimum absolute atomic E-state index is 0. The van der Waals surface area contributed by atoms with E-state index < -0.39 is 25.6 Å². The molecule has 6 aromatic carbocycles. The maximum absolute atomic E-state index is 2.89. The van der Waals surface area contributed by atoms with E-state index in [9.17, 15) is 0 Å². The molecule has 0 aromatic heterocycles. The normalized spacial score (nSPS) is 15.4. The SMILES string of the molecule is CC1=Cc2c(-c3ccccc3)cccc2[CH]1[Hf+2]([CH]1C(C)=Cc2c(-c3ccccc3)cccc21)=[Si](c1ccccc1)c1ccccc1.[Cl-].[Cl-]. The van der Waals surface area contributed by atoms with Gasteiger partial charge in [0.1, 0.15) is 0 Å². The zero-order chi connectivity index (χ0) is 31.0. The smallest absolute Gasteiger partial charge is 1.00 e. The third-order valence-corrected chi connectivity index (χ3v) is 39.3. The molecule has 0 fully saturated rings. The fraction of sp³-hybridized carbons (Fsp3) is 0.0909. The van der Waals surface area contributed by atoms with Crippen molar-refractivity contribution in [2.24, 2.45) is 0 Å². The van der Waals surface area contributed by atoms with E-state index in [1.807, 2.05) is 0 Å². The third kappa shape index (κ3) is 6.21. The first-order chi connectivity index (χ1) is 22.7. The van der Waals surface area contributed by atoms with E-state index in [0.717, 1.165) is 0 Å². The number of fused-ring (bicyclic) bond motifs is 2. The molecule has 0 heterocycles. The molecule has 0 amide bonds. The fourth-order valence-electron chi connectivity index (χ4n) is 7.83. The first kappa shape index (κ1) is 34.3. The van der Waals surface area contributed by atoms with Gasteiger partial charge in [0.25, 0.3) is 0 Å². The average Bonchev–Trinajstić information content (AvgIpc) is 3.63. The fourth-order valence-corrected chi connectivity index (χ4v) is 43.3. The van der Waals surface area contributed by atoms with Gasteiger partial charge in [0.05, 0.1) is 0 Å². The van der Waals surface area contributed by atoms with Gasteiger partial charge in [0.2, 0.25) is 0 Å². The molecule has 234 valence electrons. The molecule has 0 aliphatic heterocycles. The molecular weight excluding hydrogens is 806 g/mol. The largest absolute Gasteiger partial charge is 1.00 e. The van der Waals surface area contributed by atoms with Crippen LogP contribution in [0.1, 0.15) is 43.5 Å². The van der Waals surface area contributed by atoms with Gasteiger partial charge in [-0.15, -0.1) is 0 Å². The van der Waals surface area contributed by atoms with Crippen LogP contribution in [0.4, 0.5) is 0 Å². The van der Waals surface area contributed by atoms with Crippen LogP contribution in [0.15, 0.2) is 169 Å². The minimum Gasteiger partial charge on any atom is -1.00 e. The average molecular weight is 842 g/mol. The summed E-state index contributed by atoms with van der Waals surface area (Å²) in [6.07, 6.45) is 5.11. The molecule has 48 heavy (non-hydrogen) atoms. The topological polar surface area (TPSA) is 0 Å². The second kappa shape index (κ2) is 14.9. The van der Waals surface area contributed by atoms with Crippen LogP contribution in [0.5, 0.6) is 0 Å². The van der Waals surface area contributed by atoms with Gasteiger partial charge in [0, 0.05) is 0 Å². The summed E-state index contributed by atoms with van der Waals surface area (Å²) in [5, 5.41) is 3.14. The molecule has 2 aliphatic rings. The van der Waals surface area contributed by atoms with Crippen LogP contribution < -0.4 is 35.2 Å². The summed E-state index contributed by atoms with van der Waals surface area (Å²) in [7, 11) is 0. The Morgan fingerprint density at radius 2 is 0.771 bits per heavy atom. The van der Waals surface area contributed by atoms with Crippen LogP contribution >= 0.6 is 0 Å². The van der Waals surface area contributed by atoms with Gasteiger partial charge in [0.15, 0.2) is 0 Å². The van der Waals surface area contributed by atoms with Gasteiger partial charge >= 0.3 is 283 Å². The van der Waals surface area contributed by atoms with Crippen molar-refractivity contribution in [3.63, 3.8) is 0 Å². The summed E-state index contributed by atoms with van der Waals surface area (Å²) in [4.78, 5) is 0. The Morgan fingerprint density at radius 3 is 1.15 bits per heavy atom. The second-order valence-electron chi connectivity index (χ2n) is 12.6. The molecule has 0 spiro atoms. The summed E-state index contributed by atoms with van der Waals surface area (Å²) >= 11 is -2.89. The predicted octanol–water partition coefficient (Wildman–Crippen LogP) is 4.07. The standard InChI is InChI=1S/2C16H13.C12H10Si.2ClH.Hf/c2*1-12-10-14-8-5-9-15(16(14)11-12)13-6-3-2-4-7-13;1-3-7-11(8-4-1)13-12-9-5-2-6-10-12;;;/h2*2-11H,1H3;1-10H;2*1H;/q;;;;;+2/p-2. The number of hydrogen-bond donors (Lipinski definition) is 0. The van der Waals surface area contributed by atoms with Gasteiger partial charge in [-0.05, 0) is 0 Å². The van der Waals surface area contributed by atoms with E-state index in [1.165, 1.54) is 33.4 Å². The Balaban J connectivity index is 0.00000201. The molecule has 0 bridgehead atoms. The molecule has 0 radical (unpaired) electrons. The molecule has 6 aromatic rings. The zero-order valence-corrected chi connectivity index (χ0v) is 33.2. The molecule has 0 saturated heterocycles. The molecular formula is C44H36Cl2HfSi. The van der Waals surface area contributed by atoms with E-state index in [4.69, 9.17) is 0 Å². The first-order valence-corrected chi connectivity index (χ1v) is 27.3. The van der Waals surface area contributed by atoms with Crippen molar-refractivity contribution in [1.29, 1.82) is 0 Å². The van der Waals surface area contributed by atoms with Crippen molar-refractivity contribution in [1.82, 2.24) is 0 Å². The Hall–Kier alpha value is -3.53. The van der Waals surface area contributed by atoms with Crippen molar-refractivity contribution >= 4 is 28.0 Å². The van der Waals surface area contributed by atoms with Crippen molar-refractivity contribution in [2.75, 3.05) is 0 Å². The maximum Gasteiger partial charge on any atom is -1.00 e. The Bertz CT molecular complexity index is 2000. The van der Waals surface area contributed by atoms with Crippen molar-refractivity contribution in [2.45, 2.75) is 21.2 Å². The van der Waals surface area contributed by atoms with Crippen LogP contribution in [-0.2, 0) is 20.1 Å². The number of hydrogen-bond acceptors (Lipinski definition) is 0. The van der Waals surface area contributed by atoms with Crippen LogP contribution in [0.25, 0.3) is 34.4 Å². The zero-order valence-electron chi connectivity index (χ0n) is 27.1. The monoisotopic (exact) mass is 842 g/mol. The molecule has 0 nitrogen and oxygen atoms in total. The minimum atomic E-state index is -2.89. The van der Waals surface area contributed by atoms with Gasteiger partial charge in [-0.25, -0.2) is 0 Å². The van der Waals surface area contributed by atoms with E-state index in [0.29, 0.717) is 7.35 Å². The molecule has 8 rings (SSSR count). The molecule has 2 atom stereocenters. The van der Waals surface area contributed by atoms with Crippen LogP contribution in [0.2, 0.25) is 0 Å². The van der Waals surface area contributed by atoms with Gasteiger partial charge in [-0.1, -0.05) is 0 Å². The summed E-state index contributed by atoms with van der Waals surface area (Å²) < 4.78 is 1.02. The quantitative estimate of drug-likeness (QED) is 0.222. The number of allylic oxidation sites excluding steroid dienone is 2. The Labute approximate surface area is 305 Å². The first-order valence-electron chi connectivity index (χ1n) is 16.3. The van der Waals surface area contributed by atoms with Gasteiger partial charge < -0.3 is 24.8 Å². The molecule has 4 heteroatoms. The Kier molecular flexibility index (Phi) is 10.7. The maximum atomic E-state index is 2.55. The summed E-state index contributed by atoms with van der Waals surface area (Å²) in [5.74, 6) is 0. The van der Waals surface area contributed by atoms with Gasteiger partial charge in [-0.2, -0.15) is 0 Å². The third-order valence-electron chi connectivity index (χ3n) is 9.76. The summed E-state index contributed by atoms with van der Waals surface area (Å²) in [6, 6.07) is 59.4. The molecule has 2 aliphatic carbocycles. The van der Waals surface area contributed by atoms with E-state index in [-0.39, 0.29) is 24.8 Å². The van der Waals surface area contributed by atoms with E-state index in [2.05, 4.69) is 184 Å².